The van der Waals surface area contributed by atoms with Gasteiger partial charge in [0.2, 0.25) is 0 Å². The average molecular weight is 496 g/mol. The molecular weight excluding hydrogens is 474 g/mol. The van der Waals surface area contributed by atoms with Gasteiger partial charge in [0.1, 0.15) is 5.75 Å². The second kappa shape index (κ2) is 8.20. The van der Waals surface area contributed by atoms with Crippen LogP contribution in [0.3, 0.4) is 0 Å². The highest BCUT2D eigenvalue weighted by Gasteiger charge is 2.39. The fourth-order valence-corrected chi connectivity index (χ4v) is 5.45. The molecule has 1 aliphatic heterocycles. The summed E-state index contributed by atoms with van der Waals surface area (Å²) in [6, 6.07) is 28.3. The number of rotatable bonds is 3. The summed E-state index contributed by atoms with van der Waals surface area (Å²) in [6.07, 6.45) is 5.57. The van der Waals surface area contributed by atoms with Gasteiger partial charge in [0.05, 0.1) is 17.3 Å². The maximum absolute atomic E-state index is 13.3. The molecule has 4 aromatic carbocycles. The van der Waals surface area contributed by atoms with Crippen molar-refractivity contribution in [2.75, 3.05) is 5.32 Å². The van der Waals surface area contributed by atoms with Crippen molar-refractivity contribution in [1.29, 1.82) is 0 Å². The SMILES string of the molecule is O=C(Oc1ccc2ccccc2c1)c1cccc2c1N[C@@H](c1ccc(Br)cc1)[C@H]1CC=C[C@H]21. The van der Waals surface area contributed by atoms with E-state index in [2.05, 4.69) is 63.7 Å². The van der Waals surface area contributed by atoms with Crippen LogP contribution in [0.25, 0.3) is 10.8 Å². The van der Waals surface area contributed by atoms with Crippen molar-refractivity contribution in [3.05, 3.63) is 118 Å². The number of para-hydroxylation sites is 1. The number of halogens is 1. The van der Waals surface area contributed by atoms with Gasteiger partial charge in [0, 0.05) is 10.4 Å². The minimum Gasteiger partial charge on any atom is -0.423 e. The molecule has 6 rings (SSSR count). The quantitative estimate of drug-likeness (QED) is 0.180. The molecule has 0 aromatic heterocycles. The van der Waals surface area contributed by atoms with Crippen LogP contribution in [0.15, 0.2) is 102 Å². The van der Waals surface area contributed by atoms with Crippen LogP contribution < -0.4 is 10.1 Å². The first-order valence-corrected chi connectivity index (χ1v) is 12.0. The molecule has 3 nitrogen and oxygen atoms in total. The van der Waals surface area contributed by atoms with E-state index in [9.17, 15) is 4.79 Å². The van der Waals surface area contributed by atoms with Gasteiger partial charge >= 0.3 is 5.97 Å². The van der Waals surface area contributed by atoms with Crippen molar-refractivity contribution in [3.63, 3.8) is 0 Å². The summed E-state index contributed by atoms with van der Waals surface area (Å²) in [6.45, 7) is 0. The summed E-state index contributed by atoms with van der Waals surface area (Å²) in [4.78, 5) is 13.3. The molecule has 162 valence electrons. The molecule has 3 atom stereocenters. The molecule has 1 heterocycles. The van der Waals surface area contributed by atoms with Crippen LogP contribution in [-0.4, -0.2) is 5.97 Å². The van der Waals surface area contributed by atoms with E-state index in [4.69, 9.17) is 4.74 Å². The number of allylic oxidation sites excluding steroid dienone is 2. The standard InChI is InChI=1S/C29H22BrNO2/c30-21-14-11-19(12-15-21)27-24-8-3-7-23(24)25-9-4-10-26(28(25)31-27)29(32)33-22-16-13-18-5-1-2-6-20(18)17-22/h1-7,9-17,23-24,27,31H,8H2/t23-,24-,27-/m0/s1. The summed E-state index contributed by atoms with van der Waals surface area (Å²) in [5.74, 6) is 0.911. The number of carbonyl (C=O) groups excluding carboxylic acids is 1. The van der Waals surface area contributed by atoms with Crippen LogP contribution in [0.5, 0.6) is 5.75 Å². The maximum Gasteiger partial charge on any atom is 0.345 e. The highest BCUT2D eigenvalue weighted by molar-refractivity contribution is 9.10. The molecule has 0 unspecified atom stereocenters. The third-order valence-corrected chi connectivity index (χ3v) is 7.31. The van der Waals surface area contributed by atoms with Crippen molar-refractivity contribution in [1.82, 2.24) is 0 Å². The normalized spacial score (nSPS) is 20.7. The van der Waals surface area contributed by atoms with Gasteiger partial charge in [-0.1, -0.05) is 82.7 Å². The molecule has 0 radical (unpaired) electrons. The summed E-state index contributed by atoms with van der Waals surface area (Å²) in [7, 11) is 0. The predicted molar refractivity (Wildman–Crippen MR) is 136 cm³/mol. The molecule has 0 spiro atoms. The fraction of sp³-hybridized carbons (Fsp3) is 0.138. The fourth-order valence-electron chi connectivity index (χ4n) is 5.18. The first-order valence-electron chi connectivity index (χ1n) is 11.2. The molecule has 0 fully saturated rings. The van der Waals surface area contributed by atoms with Gasteiger partial charge in [-0.15, -0.1) is 0 Å². The largest absolute Gasteiger partial charge is 0.423 e. The summed E-state index contributed by atoms with van der Waals surface area (Å²) in [5.41, 5.74) is 3.83. The molecule has 0 bridgehead atoms. The summed E-state index contributed by atoms with van der Waals surface area (Å²) >= 11 is 3.53. The number of carbonyl (C=O) groups is 1. The molecule has 0 saturated heterocycles. The number of hydrogen-bond donors (Lipinski definition) is 1. The highest BCUT2D eigenvalue weighted by Crippen LogP contribution is 2.50. The molecule has 0 saturated carbocycles. The monoisotopic (exact) mass is 495 g/mol. The zero-order valence-electron chi connectivity index (χ0n) is 17.9. The smallest absolute Gasteiger partial charge is 0.345 e. The first kappa shape index (κ1) is 20.3. The van der Waals surface area contributed by atoms with Crippen LogP contribution in [0.2, 0.25) is 0 Å². The van der Waals surface area contributed by atoms with Crippen LogP contribution in [0, 0.1) is 5.92 Å². The van der Waals surface area contributed by atoms with Crippen LogP contribution in [0.1, 0.15) is 39.9 Å². The second-order valence-corrected chi connectivity index (χ2v) is 9.61. The Morgan fingerprint density at radius 1 is 0.909 bits per heavy atom. The highest BCUT2D eigenvalue weighted by atomic mass is 79.9. The zero-order chi connectivity index (χ0) is 22.4. The van der Waals surface area contributed by atoms with E-state index in [0.29, 0.717) is 17.2 Å². The molecule has 1 aliphatic carbocycles. The van der Waals surface area contributed by atoms with Gasteiger partial charge in [0.15, 0.2) is 0 Å². The number of hydrogen-bond acceptors (Lipinski definition) is 3. The van der Waals surface area contributed by atoms with Crippen molar-refractivity contribution in [2.24, 2.45) is 5.92 Å². The zero-order valence-corrected chi connectivity index (χ0v) is 19.5. The lowest BCUT2D eigenvalue weighted by molar-refractivity contribution is 0.0735. The van der Waals surface area contributed by atoms with Gasteiger partial charge in [-0.3, -0.25) is 0 Å². The lowest BCUT2D eigenvalue weighted by Gasteiger charge is -2.38. The van der Waals surface area contributed by atoms with Gasteiger partial charge in [0.25, 0.3) is 0 Å². The molecule has 4 aromatic rings. The van der Waals surface area contributed by atoms with Crippen LogP contribution in [0.4, 0.5) is 5.69 Å². The van der Waals surface area contributed by atoms with Crippen LogP contribution >= 0.6 is 15.9 Å². The number of anilines is 1. The molecular formula is C29H22BrNO2. The average Bonchev–Trinajstić information content (AvgIpc) is 3.34. The Hall–Kier alpha value is -3.37. The van der Waals surface area contributed by atoms with E-state index in [-0.39, 0.29) is 17.9 Å². The van der Waals surface area contributed by atoms with Crippen molar-refractivity contribution >= 4 is 38.4 Å². The molecule has 4 heteroatoms. The predicted octanol–water partition coefficient (Wildman–Crippen LogP) is 7.65. The molecule has 2 aliphatic rings. The van der Waals surface area contributed by atoms with Gasteiger partial charge in [-0.2, -0.15) is 0 Å². The van der Waals surface area contributed by atoms with E-state index < -0.39 is 0 Å². The first-order chi connectivity index (χ1) is 16.2. The summed E-state index contributed by atoms with van der Waals surface area (Å²) in [5, 5.41) is 5.88. The molecule has 1 N–H and O–H groups in total. The number of benzene rings is 4. The third kappa shape index (κ3) is 3.65. The lowest BCUT2D eigenvalue weighted by atomic mass is 9.76. The lowest BCUT2D eigenvalue weighted by Crippen LogP contribution is -2.30. The number of esters is 1. The van der Waals surface area contributed by atoms with Crippen molar-refractivity contribution in [3.8, 4) is 5.75 Å². The topological polar surface area (TPSA) is 38.3 Å². The Kier molecular flexibility index (Phi) is 5.03. The van der Waals surface area contributed by atoms with Crippen molar-refractivity contribution in [2.45, 2.75) is 18.4 Å². The maximum atomic E-state index is 13.3. The Bertz CT molecular complexity index is 1390. The second-order valence-electron chi connectivity index (χ2n) is 8.70. The van der Waals surface area contributed by atoms with E-state index in [1.165, 1.54) is 5.56 Å². The van der Waals surface area contributed by atoms with Crippen LogP contribution in [-0.2, 0) is 0 Å². The minimum absolute atomic E-state index is 0.125. The number of ether oxygens (including phenoxy) is 1. The van der Waals surface area contributed by atoms with Gasteiger partial charge < -0.3 is 10.1 Å². The Labute approximate surface area is 201 Å². The molecule has 33 heavy (non-hydrogen) atoms. The van der Waals surface area contributed by atoms with Crippen molar-refractivity contribution < 1.29 is 9.53 Å². The number of nitrogens with one attached hydrogen (secondary N) is 1. The van der Waals surface area contributed by atoms with E-state index in [0.717, 1.165) is 32.9 Å². The Balaban J connectivity index is 1.36. The van der Waals surface area contributed by atoms with E-state index in [1.807, 2.05) is 54.6 Å². The van der Waals surface area contributed by atoms with Gasteiger partial charge in [-0.05, 0) is 64.6 Å². The minimum atomic E-state index is -0.343. The number of fused-ring (bicyclic) bond motifs is 4. The van der Waals surface area contributed by atoms with Gasteiger partial charge in [-0.25, -0.2) is 4.79 Å². The van der Waals surface area contributed by atoms with E-state index in [1.54, 1.807) is 0 Å². The molecule has 0 amide bonds. The Morgan fingerprint density at radius 3 is 2.58 bits per heavy atom. The Morgan fingerprint density at radius 2 is 1.73 bits per heavy atom. The third-order valence-electron chi connectivity index (χ3n) is 6.78. The van der Waals surface area contributed by atoms with E-state index >= 15 is 0 Å². The summed E-state index contributed by atoms with van der Waals surface area (Å²) < 4.78 is 6.90.